The number of amides is 1. The lowest BCUT2D eigenvalue weighted by molar-refractivity contribution is 0.0994. The standard InChI is InChI=1S/C11H24N2O2/c1-10(2,3)12-7-8-13(9(14)15)11(4,5)6/h12H,7-8H2,1-6H3,(H,14,15). The number of hydrogen-bond donors (Lipinski definition) is 2. The molecule has 1 amide bonds. The van der Waals surface area contributed by atoms with Crippen LogP contribution in [0.5, 0.6) is 0 Å². The molecule has 0 aliphatic heterocycles. The second-order valence-corrected chi connectivity index (χ2v) is 5.78. The number of nitrogens with one attached hydrogen (secondary N) is 1. The lowest BCUT2D eigenvalue weighted by Gasteiger charge is -2.34. The Balaban J connectivity index is 4.17. The van der Waals surface area contributed by atoms with Gasteiger partial charge < -0.3 is 15.3 Å². The third kappa shape index (κ3) is 6.33. The molecule has 0 atom stereocenters. The van der Waals surface area contributed by atoms with Crippen molar-refractivity contribution >= 4 is 6.09 Å². The molecule has 0 saturated carbocycles. The minimum atomic E-state index is -0.863. The molecule has 0 unspecified atom stereocenters. The third-order valence-electron chi connectivity index (χ3n) is 2.03. The summed E-state index contributed by atoms with van der Waals surface area (Å²) in [5.74, 6) is 0. The van der Waals surface area contributed by atoms with Gasteiger partial charge in [-0.15, -0.1) is 0 Å². The molecular formula is C11H24N2O2. The van der Waals surface area contributed by atoms with Gasteiger partial charge in [-0.3, -0.25) is 0 Å². The third-order valence-corrected chi connectivity index (χ3v) is 2.03. The van der Waals surface area contributed by atoms with Gasteiger partial charge >= 0.3 is 6.09 Å². The Morgan fingerprint density at radius 2 is 1.67 bits per heavy atom. The molecule has 0 bridgehead atoms. The summed E-state index contributed by atoms with van der Waals surface area (Å²) in [6.07, 6.45) is -0.863. The van der Waals surface area contributed by atoms with Crippen molar-refractivity contribution in [3.63, 3.8) is 0 Å². The molecular weight excluding hydrogens is 192 g/mol. The van der Waals surface area contributed by atoms with E-state index in [1.54, 1.807) is 0 Å². The smallest absolute Gasteiger partial charge is 0.407 e. The molecule has 0 fully saturated rings. The lowest BCUT2D eigenvalue weighted by Crippen LogP contribution is -2.49. The Hall–Kier alpha value is -0.770. The Morgan fingerprint density at radius 3 is 1.93 bits per heavy atom. The van der Waals surface area contributed by atoms with E-state index in [2.05, 4.69) is 26.1 Å². The predicted octanol–water partition coefficient (Wildman–Crippen LogP) is 2.15. The average molecular weight is 216 g/mol. The molecule has 0 rings (SSSR count). The van der Waals surface area contributed by atoms with Gasteiger partial charge in [-0.1, -0.05) is 0 Å². The lowest BCUT2D eigenvalue weighted by atomic mass is 10.1. The van der Waals surface area contributed by atoms with Crippen molar-refractivity contribution in [2.75, 3.05) is 13.1 Å². The van der Waals surface area contributed by atoms with Gasteiger partial charge in [0.05, 0.1) is 0 Å². The van der Waals surface area contributed by atoms with E-state index in [1.165, 1.54) is 4.90 Å². The highest BCUT2D eigenvalue weighted by atomic mass is 16.4. The molecule has 0 radical (unpaired) electrons. The van der Waals surface area contributed by atoms with Crippen LogP contribution in [0.3, 0.4) is 0 Å². The molecule has 2 N–H and O–H groups in total. The second-order valence-electron chi connectivity index (χ2n) is 5.78. The van der Waals surface area contributed by atoms with Crippen molar-refractivity contribution in [3.05, 3.63) is 0 Å². The quantitative estimate of drug-likeness (QED) is 0.760. The number of nitrogens with zero attached hydrogens (tertiary/aromatic N) is 1. The van der Waals surface area contributed by atoms with E-state index in [0.29, 0.717) is 13.1 Å². The van der Waals surface area contributed by atoms with Crippen LogP contribution in [-0.4, -0.2) is 40.3 Å². The minimum absolute atomic E-state index is 0.0298. The fraction of sp³-hybridized carbons (Fsp3) is 0.909. The molecule has 4 heteroatoms. The molecule has 90 valence electrons. The first-order chi connectivity index (χ1) is 6.54. The van der Waals surface area contributed by atoms with Crippen LogP contribution in [0, 0.1) is 0 Å². The van der Waals surface area contributed by atoms with Crippen molar-refractivity contribution in [3.8, 4) is 0 Å². The maximum absolute atomic E-state index is 11.0. The number of carboxylic acid groups (broad SMARTS) is 1. The number of rotatable bonds is 3. The van der Waals surface area contributed by atoms with Crippen LogP contribution in [-0.2, 0) is 0 Å². The van der Waals surface area contributed by atoms with E-state index in [4.69, 9.17) is 5.11 Å². The van der Waals surface area contributed by atoms with Crippen LogP contribution >= 0.6 is 0 Å². The molecule has 0 aliphatic carbocycles. The first kappa shape index (κ1) is 14.2. The molecule has 0 aliphatic rings. The molecule has 0 saturated heterocycles. The van der Waals surface area contributed by atoms with Gasteiger partial charge in [0.15, 0.2) is 0 Å². The van der Waals surface area contributed by atoms with Crippen LogP contribution in [0.2, 0.25) is 0 Å². The summed E-state index contributed by atoms with van der Waals surface area (Å²) >= 11 is 0. The summed E-state index contributed by atoms with van der Waals surface area (Å²) < 4.78 is 0. The van der Waals surface area contributed by atoms with Gasteiger partial charge in [0.1, 0.15) is 0 Å². The van der Waals surface area contributed by atoms with Crippen molar-refractivity contribution in [1.29, 1.82) is 0 Å². The van der Waals surface area contributed by atoms with E-state index in [0.717, 1.165) is 0 Å². The maximum atomic E-state index is 11.0. The summed E-state index contributed by atoms with van der Waals surface area (Å²) in [7, 11) is 0. The maximum Gasteiger partial charge on any atom is 0.407 e. The van der Waals surface area contributed by atoms with Crippen LogP contribution in [0.4, 0.5) is 4.79 Å². The molecule has 15 heavy (non-hydrogen) atoms. The number of carbonyl (C=O) groups is 1. The fourth-order valence-electron chi connectivity index (χ4n) is 1.26. The molecule has 0 aromatic rings. The first-order valence-corrected chi connectivity index (χ1v) is 5.29. The Kier molecular flexibility index (Phi) is 4.59. The summed E-state index contributed by atoms with van der Waals surface area (Å²) in [5, 5.41) is 12.3. The first-order valence-electron chi connectivity index (χ1n) is 5.29. The van der Waals surface area contributed by atoms with Crippen LogP contribution < -0.4 is 5.32 Å². The van der Waals surface area contributed by atoms with Crippen LogP contribution in [0.15, 0.2) is 0 Å². The van der Waals surface area contributed by atoms with E-state index < -0.39 is 6.09 Å². The van der Waals surface area contributed by atoms with Gasteiger partial charge in [-0.05, 0) is 41.5 Å². The highest BCUT2D eigenvalue weighted by molar-refractivity contribution is 5.65. The van der Waals surface area contributed by atoms with E-state index >= 15 is 0 Å². The zero-order chi connectivity index (χ0) is 12.3. The molecule has 4 nitrogen and oxygen atoms in total. The van der Waals surface area contributed by atoms with Gasteiger partial charge in [0, 0.05) is 24.2 Å². The molecule has 0 aromatic carbocycles. The molecule has 0 spiro atoms. The van der Waals surface area contributed by atoms with Crippen LogP contribution in [0.1, 0.15) is 41.5 Å². The fourth-order valence-corrected chi connectivity index (χ4v) is 1.26. The summed E-state index contributed by atoms with van der Waals surface area (Å²) in [6.45, 7) is 13.1. The minimum Gasteiger partial charge on any atom is -0.465 e. The van der Waals surface area contributed by atoms with E-state index in [1.807, 2.05) is 20.8 Å². The van der Waals surface area contributed by atoms with Gasteiger partial charge in [0.25, 0.3) is 0 Å². The zero-order valence-corrected chi connectivity index (χ0v) is 10.7. The Labute approximate surface area is 92.7 Å². The summed E-state index contributed by atoms with van der Waals surface area (Å²) in [6, 6.07) is 0. The normalized spacial score (nSPS) is 12.7. The highest BCUT2D eigenvalue weighted by Gasteiger charge is 2.25. The average Bonchev–Trinajstić information content (AvgIpc) is 1.92. The zero-order valence-electron chi connectivity index (χ0n) is 10.7. The van der Waals surface area contributed by atoms with Crippen LogP contribution in [0.25, 0.3) is 0 Å². The SMILES string of the molecule is CC(C)(C)NCCN(C(=O)O)C(C)(C)C. The van der Waals surface area contributed by atoms with Gasteiger partial charge in [-0.2, -0.15) is 0 Å². The monoisotopic (exact) mass is 216 g/mol. The highest BCUT2D eigenvalue weighted by Crippen LogP contribution is 2.12. The van der Waals surface area contributed by atoms with Crippen molar-refractivity contribution in [2.24, 2.45) is 0 Å². The van der Waals surface area contributed by atoms with Crippen molar-refractivity contribution in [2.45, 2.75) is 52.6 Å². The largest absolute Gasteiger partial charge is 0.465 e. The van der Waals surface area contributed by atoms with Gasteiger partial charge in [0.2, 0.25) is 0 Å². The van der Waals surface area contributed by atoms with Crippen molar-refractivity contribution < 1.29 is 9.90 Å². The number of hydrogen-bond acceptors (Lipinski definition) is 2. The summed E-state index contributed by atoms with van der Waals surface area (Å²) in [5.41, 5.74) is -0.312. The van der Waals surface area contributed by atoms with E-state index in [-0.39, 0.29) is 11.1 Å². The second kappa shape index (κ2) is 4.84. The molecule has 0 heterocycles. The topological polar surface area (TPSA) is 52.6 Å². The van der Waals surface area contributed by atoms with E-state index in [9.17, 15) is 4.79 Å². The summed E-state index contributed by atoms with van der Waals surface area (Å²) in [4.78, 5) is 12.4. The predicted molar refractivity (Wildman–Crippen MR) is 62.2 cm³/mol. The Bertz CT molecular complexity index is 214. The van der Waals surface area contributed by atoms with Gasteiger partial charge in [-0.25, -0.2) is 4.79 Å². The molecule has 0 aromatic heterocycles. The van der Waals surface area contributed by atoms with Crippen molar-refractivity contribution in [1.82, 2.24) is 10.2 Å². The Morgan fingerprint density at radius 1 is 1.20 bits per heavy atom.